The minimum atomic E-state index is -1.05. The van der Waals surface area contributed by atoms with Gasteiger partial charge in [0, 0.05) is 12.5 Å². The molecule has 6 nitrogen and oxygen atoms in total. The minimum absolute atomic E-state index is 0.0469. The quantitative estimate of drug-likeness (QED) is 0.646. The van der Waals surface area contributed by atoms with Crippen LogP contribution in [0.5, 0.6) is 0 Å². The highest BCUT2D eigenvalue weighted by Gasteiger charge is 2.30. The number of carbonyl (C=O) groups excluding carboxylic acids is 1. The normalized spacial score (nSPS) is 15.2. The second-order valence-corrected chi connectivity index (χ2v) is 6.04. The molecule has 0 aromatic rings. The van der Waals surface area contributed by atoms with E-state index in [4.69, 9.17) is 10.2 Å². The van der Waals surface area contributed by atoms with Gasteiger partial charge in [-0.15, -0.1) is 0 Å². The third-order valence-electron chi connectivity index (χ3n) is 4.59. The molecule has 6 heteroatoms. The van der Waals surface area contributed by atoms with E-state index in [0.29, 0.717) is 0 Å². The van der Waals surface area contributed by atoms with Crippen molar-refractivity contribution in [1.29, 1.82) is 0 Å². The minimum Gasteiger partial charge on any atom is -0.481 e. The largest absolute Gasteiger partial charge is 0.481 e. The molecule has 3 atom stereocenters. The fourth-order valence-corrected chi connectivity index (χ4v) is 2.64. The number of aliphatic carboxylic acids is 2. The Kier molecular flexibility index (Phi) is 8.75. The van der Waals surface area contributed by atoms with E-state index in [9.17, 15) is 14.4 Å². The van der Waals surface area contributed by atoms with Crippen molar-refractivity contribution in [3.63, 3.8) is 0 Å². The van der Waals surface area contributed by atoms with Crippen LogP contribution in [-0.4, -0.2) is 45.5 Å². The summed E-state index contributed by atoms with van der Waals surface area (Å²) in [6.45, 7) is 8.82. The average molecular weight is 315 g/mol. The maximum absolute atomic E-state index is 12.5. The van der Waals surface area contributed by atoms with Gasteiger partial charge in [-0.3, -0.25) is 14.4 Å². The summed E-state index contributed by atoms with van der Waals surface area (Å²) >= 11 is 0. The first-order valence-electron chi connectivity index (χ1n) is 7.89. The lowest BCUT2D eigenvalue weighted by Gasteiger charge is -2.34. The molecule has 0 rings (SSSR count). The number of amides is 1. The van der Waals surface area contributed by atoms with E-state index in [0.717, 1.165) is 12.8 Å². The number of hydrogen-bond acceptors (Lipinski definition) is 3. The highest BCUT2D eigenvalue weighted by molar-refractivity contribution is 5.82. The molecule has 22 heavy (non-hydrogen) atoms. The Morgan fingerprint density at radius 1 is 1.00 bits per heavy atom. The van der Waals surface area contributed by atoms with Gasteiger partial charge in [0.05, 0.1) is 5.92 Å². The molecule has 0 aromatic heterocycles. The maximum atomic E-state index is 12.5. The molecule has 0 radical (unpaired) electrons. The van der Waals surface area contributed by atoms with Gasteiger partial charge in [-0.05, 0) is 18.8 Å². The first kappa shape index (κ1) is 20.4. The number of nitrogens with zero attached hydrogens (tertiary/aromatic N) is 1. The monoisotopic (exact) mass is 315 g/mol. The molecule has 0 aliphatic carbocycles. The SMILES string of the molecule is CCC(CC)C(C)N(CC(=O)O)C(=O)CC(C)C(C)C(=O)O. The number of carboxylic acids is 2. The molecular weight excluding hydrogens is 286 g/mol. The molecule has 0 heterocycles. The van der Waals surface area contributed by atoms with Gasteiger partial charge in [0.1, 0.15) is 6.54 Å². The van der Waals surface area contributed by atoms with Crippen molar-refractivity contribution in [2.75, 3.05) is 6.54 Å². The third-order valence-corrected chi connectivity index (χ3v) is 4.59. The Morgan fingerprint density at radius 2 is 1.50 bits per heavy atom. The highest BCUT2D eigenvalue weighted by Crippen LogP contribution is 2.22. The van der Waals surface area contributed by atoms with Gasteiger partial charge in [-0.1, -0.05) is 40.5 Å². The van der Waals surface area contributed by atoms with E-state index >= 15 is 0 Å². The Labute approximate surface area is 132 Å². The predicted octanol–water partition coefficient (Wildman–Crippen LogP) is 2.47. The van der Waals surface area contributed by atoms with E-state index in [1.807, 2.05) is 20.8 Å². The second kappa shape index (κ2) is 9.43. The van der Waals surface area contributed by atoms with E-state index in [2.05, 4.69) is 0 Å². The highest BCUT2D eigenvalue weighted by atomic mass is 16.4. The van der Waals surface area contributed by atoms with Crippen LogP contribution in [0.4, 0.5) is 0 Å². The van der Waals surface area contributed by atoms with Gasteiger partial charge in [0.15, 0.2) is 0 Å². The number of carbonyl (C=O) groups is 3. The molecule has 0 saturated heterocycles. The lowest BCUT2D eigenvalue weighted by atomic mass is 9.90. The maximum Gasteiger partial charge on any atom is 0.323 e. The average Bonchev–Trinajstić information content (AvgIpc) is 2.44. The van der Waals surface area contributed by atoms with Crippen LogP contribution in [0.2, 0.25) is 0 Å². The molecule has 0 spiro atoms. The molecule has 0 aromatic carbocycles. The molecule has 3 unspecified atom stereocenters. The molecule has 128 valence electrons. The zero-order chi connectivity index (χ0) is 17.4. The van der Waals surface area contributed by atoms with Gasteiger partial charge >= 0.3 is 11.9 Å². The van der Waals surface area contributed by atoms with Gasteiger partial charge in [-0.25, -0.2) is 0 Å². The smallest absolute Gasteiger partial charge is 0.323 e. The van der Waals surface area contributed by atoms with Crippen molar-refractivity contribution in [2.24, 2.45) is 17.8 Å². The van der Waals surface area contributed by atoms with Gasteiger partial charge in [0.2, 0.25) is 5.91 Å². The third kappa shape index (κ3) is 6.03. The topological polar surface area (TPSA) is 94.9 Å². The van der Waals surface area contributed by atoms with Crippen LogP contribution in [-0.2, 0) is 14.4 Å². The fourth-order valence-electron chi connectivity index (χ4n) is 2.64. The fraction of sp³-hybridized carbons (Fsp3) is 0.812. The van der Waals surface area contributed by atoms with E-state index in [1.165, 1.54) is 4.90 Å². The Balaban J connectivity index is 5.06. The molecule has 0 saturated carbocycles. The van der Waals surface area contributed by atoms with Crippen molar-refractivity contribution in [3.05, 3.63) is 0 Å². The lowest BCUT2D eigenvalue weighted by Crippen LogP contribution is -2.46. The predicted molar refractivity (Wildman–Crippen MR) is 83.5 cm³/mol. The Bertz CT molecular complexity index is 392. The molecule has 0 aliphatic rings. The first-order valence-corrected chi connectivity index (χ1v) is 7.89. The summed E-state index contributed by atoms with van der Waals surface area (Å²) in [7, 11) is 0. The van der Waals surface area contributed by atoms with Crippen LogP contribution in [0, 0.1) is 17.8 Å². The molecule has 0 aliphatic heterocycles. The Morgan fingerprint density at radius 3 is 1.86 bits per heavy atom. The van der Waals surface area contributed by atoms with Crippen LogP contribution in [0.25, 0.3) is 0 Å². The summed E-state index contributed by atoms with van der Waals surface area (Å²) in [5.74, 6) is -3.03. The molecular formula is C16H29NO5. The van der Waals surface area contributed by atoms with Crippen molar-refractivity contribution >= 4 is 17.8 Å². The van der Waals surface area contributed by atoms with E-state index in [1.54, 1.807) is 13.8 Å². The van der Waals surface area contributed by atoms with Crippen molar-refractivity contribution in [1.82, 2.24) is 4.90 Å². The summed E-state index contributed by atoms with van der Waals surface area (Å²) in [6, 6.07) is -0.175. The van der Waals surface area contributed by atoms with Crippen LogP contribution >= 0.6 is 0 Å². The van der Waals surface area contributed by atoms with Crippen molar-refractivity contribution in [2.45, 2.75) is 59.9 Å². The van der Waals surface area contributed by atoms with Crippen molar-refractivity contribution < 1.29 is 24.6 Å². The van der Waals surface area contributed by atoms with Crippen LogP contribution < -0.4 is 0 Å². The zero-order valence-electron chi connectivity index (χ0n) is 14.2. The van der Waals surface area contributed by atoms with Gasteiger partial charge in [-0.2, -0.15) is 0 Å². The molecule has 2 N–H and O–H groups in total. The van der Waals surface area contributed by atoms with Crippen molar-refractivity contribution in [3.8, 4) is 0 Å². The zero-order valence-corrected chi connectivity index (χ0v) is 14.2. The summed E-state index contributed by atoms with van der Waals surface area (Å²) in [5, 5.41) is 18.1. The van der Waals surface area contributed by atoms with Crippen LogP contribution in [0.1, 0.15) is 53.9 Å². The van der Waals surface area contributed by atoms with Gasteiger partial charge < -0.3 is 15.1 Å². The van der Waals surface area contributed by atoms with Gasteiger partial charge in [0.25, 0.3) is 0 Å². The molecule has 0 fully saturated rings. The van der Waals surface area contributed by atoms with E-state index < -0.39 is 17.9 Å². The van der Waals surface area contributed by atoms with Crippen LogP contribution in [0.15, 0.2) is 0 Å². The van der Waals surface area contributed by atoms with Crippen LogP contribution in [0.3, 0.4) is 0 Å². The lowest BCUT2D eigenvalue weighted by molar-refractivity contribution is -0.149. The number of rotatable bonds is 10. The number of carboxylic acid groups (broad SMARTS) is 2. The Hall–Kier alpha value is -1.59. The summed E-state index contributed by atoms with van der Waals surface area (Å²) in [5.41, 5.74) is 0. The summed E-state index contributed by atoms with van der Waals surface area (Å²) in [4.78, 5) is 35.9. The van der Waals surface area contributed by atoms with E-state index in [-0.39, 0.29) is 36.8 Å². The summed E-state index contributed by atoms with van der Waals surface area (Å²) in [6.07, 6.45) is 1.77. The first-order chi connectivity index (χ1) is 10.1. The standard InChI is InChI=1S/C16H29NO5/c1-6-13(7-2)12(5)17(9-15(19)20)14(18)8-10(3)11(4)16(21)22/h10-13H,6-9H2,1-5H3,(H,19,20)(H,21,22). The summed E-state index contributed by atoms with van der Waals surface area (Å²) < 4.78 is 0. The molecule has 1 amide bonds. The number of hydrogen-bond donors (Lipinski definition) is 2. The second-order valence-electron chi connectivity index (χ2n) is 6.04. The molecule has 0 bridgehead atoms.